The summed E-state index contributed by atoms with van der Waals surface area (Å²) in [5, 5.41) is 6.57. The van der Waals surface area contributed by atoms with Crippen molar-refractivity contribution < 1.29 is 9.53 Å². The molecule has 0 atom stereocenters. The van der Waals surface area contributed by atoms with Crippen LogP contribution in [0.25, 0.3) is 10.9 Å². The molecule has 2 aromatic carbocycles. The number of nitrogens with one attached hydrogen (secondary N) is 2. The number of carbonyl (C=O) groups excluding carboxylic acids is 1. The number of aromatic nitrogens is 2. The maximum absolute atomic E-state index is 12.4. The molecule has 4 rings (SSSR count). The first-order chi connectivity index (χ1) is 14.2. The highest BCUT2D eigenvalue weighted by Crippen LogP contribution is 2.27. The van der Waals surface area contributed by atoms with Crippen molar-refractivity contribution >= 4 is 28.3 Å². The number of nitrogens with zero attached hydrogens (tertiary/aromatic N) is 2. The summed E-state index contributed by atoms with van der Waals surface area (Å²) in [5.41, 5.74) is 4.36. The highest BCUT2D eigenvalue weighted by atomic mass is 16.5. The first-order valence-corrected chi connectivity index (χ1v) is 9.21. The quantitative estimate of drug-likeness (QED) is 0.514. The monoisotopic (exact) mass is 384 g/mol. The van der Waals surface area contributed by atoms with Crippen LogP contribution in [0.5, 0.6) is 5.88 Å². The summed E-state index contributed by atoms with van der Waals surface area (Å²) in [4.78, 5) is 20.9. The zero-order chi connectivity index (χ0) is 20.1. The molecule has 0 saturated heterocycles. The second-order valence-corrected chi connectivity index (χ2v) is 6.55. The molecular formula is C23H20N4O2. The predicted octanol–water partition coefficient (Wildman–Crippen LogP) is 4.87. The number of benzene rings is 2. The highest BCUT2D eigenvalue weighted by Gasteiger charge is 2.11. The van der Waals surface area contributed by atoms with Gasteiger partial charge >= 0.3 is 6.03 Å². The van der Waals surface area contributed by atoms with E-state index in [1.807, 2.05) is 66.7 Å². The Hall–Kier alpha value is -3.93. The van der Waals surface area contributed by atoms with Gasteiger partial charge in [0.15, 0.2) is 0 Å². The Morgan fingerprint density at radius 1 is 0.931 bits per heavy atom. The predicted molar refractivity (Wildman–Crippen MR) is 114 cm³/mol. The number of pyridine rings is 2. The number of hydrogen-bond donors (Lipinski definition) is 2. The van der Waals surface area contributed by atoms with Gasteiger partial charge in [-0.2, -0.15) is 0 Å². The Morgan fingerprint density at radius 3 is 2.41 bits per heavy atom. The van der Waals surface area contributed by atoms with Crippen molar-refractivity contribution in [3.63, 3.8) is 0 Å². The van der Waals surface area contributed by atoms with Crippen LogP contribution in [-0.2, 0) is 6.42 Å². The van der Waals surface area contributed by atoms with E-state index in [-0.39, 0.29) is 6.03 Å². The van der Waals surface area contributed by atoms with Crippen molar-refractivity contribution in [3.8, 4) is 5.88 Å². The number of rotatable bonds is 5. The number of hydrogen-bond acceptors (Lipinski definition) is 4. The first kappa shape index (κ1) is 18.4. The molecule has 2 aromatic heterocycles. The zero-order valence-corrected chi connectivity index (χ0v) is 15.9. The fourth-order valence-electron chi connectivity index (χ4n) is 3.07. The molecule has 2 N–H and O–H groups in total. The number of ether oxygens (including phenoxy) is 1. The number of anilines is 2. The minimum Gasteiger partial charge on any atom is -0.479 e. The van der Waals surface area contributed by atoms with Crippen molar-refractivity contribution in [2.45, 2.75) is 6.42 Å². The molecule has 0 radical (unpaired) electrons. The van der Waals surface area contributed by atoms with Crippen molar-refractivity contribution in [3.05, 3.63) is 90.3 Å². The van der Waals surface area contributed by atoms with Gasteiger partial charge in [-0.1, -0.05) is 30.3 Å². The van der Waals surface area contributed by atoms with Gasteiger partial charge in [-0.3, -0.25) is 4.98 Å². The molecule has 29 heavy (non-hydrogen) atoms. The van der Waals surface area contributed by atoms with Crippen LogP contribution in [0.1, 0.15) is 11.1 Å². The van der Waals surface area contributed by atoms with Crippen LogP contribution in [0.15, 0.2) is 79.1 Å². The van der Waals surface area contributed by atoms with Gasteiger partial charge in [0.1, 0.15) is 5.69 Å². The van der Waals surface area contributed by atoms with E-state index in [4.69, 9.17) is 4.74 Å². The van der Waals surface area contributed by atoms with Gasteiger partial charge in [-0.05, 0) is 53.9 Å². The molecule has 0 aliphatic rings. The lowest BCUT2D eigenvalue weighted by Gasteiger charge is -2.12. The van der Waals surface area contributed by atoms with Crippen LogP contribution < -0.4 is 15.4 Å². The summed E-state index contributed by atoms with van der Waals surface area (Å²) in [6.07, 6.45) is 4.38. The Labute approximate surface area is 168 Å². The second kappa shape index (κ2) is 8.39. The average molecular weight is 384 g/mol. The second-order valence-electron chi connectivity index (χ2n) is 6.55. The van der Waals surface area contributed by atoms with E-state index in [1.165, 1.54) is 12.7 Å². The normalized spacial score (nSPS) is 10.5. The minimum atomic E-state index is -0.359. The summed E-state index contributed by atoms with van der Waals surface area (Å²) >= 11 is 0. The lowest BCUT2D eigenvalue weighted by molar-refractivity contribution is 0.262. The number of carbonyl (C=O) groups is 1. The van der Waals surface area contributed by atoms with Crippen LogP contribution in [0.4, 0.5) is 16.2 Å². The van der Waals surface area contributed by atoms with Gasteiger partial charge in [0, 0.05) is 23.5 Å². The van der Waals surface area contributed by atoms with E-state index in [0.29, 0.717) is 17.3 Å². The number of methoxy groups -OCH3 is 1. The first-order valence-electron chi connectivity index (χ1n) is 9.21. The summed E-state index contributed by atoms with van der Waals surface area (Å²) in [6.45, 7) is 0. The molecule has 0 unspecified atom stereocenters. The Kier molecular flexibility index (Phi) is 5.33. The van der Waals surface area contributed by atoms with Crippen LogP contribution in [0.2, 0.25) is 0 Å². The third-order valence-electron chi connectivity index (χ3n) is 4.50. The van der Waals surface area contributed by atoms with E-state index in [0.717, 1.165) is 22.9 Å². The minimum absolute atomic E-state index is 0.359. The van der Waals surface area contributed by atoms with Gasteiger partial charge in [0.2, 0.25) is 5.88 Å². The molecule has 0 bridgehead atoms. The van der Waals surface area contributed by atoms with Gasteiger partial charge in [-0.25, -0.2) is 9.78 Å². The van der Waals surface area contributed by atoms with Crippen molar-refractivity contribution in [1.82, 2.24) is 9.97 Å². The number of urea groups is 1. The Bertz CT molecular complexity index is 1130. The van der Waals surface area contributed by atoms with Gasteiger partial charge in [-0.15, -0.1) is 0 Å². The van der Waals surface area contributed by atoms with Crippen LogP contribution in [-0.4, -0.2) is 23.1 Å². The number of para-hydroxylation sites is 1. The Balaban J connectivity index is 1.44. The molecular weight excluding hydrogens is 364 g/mol. The molecule has 2 heterocycles. The fraction of sp³-hybridized carbons (Fsp3) is 0.0870. The van der Waals surface area contributed by atoms with Crippen LogP contribution in [0, 0.1) is 0 Å². The van der Waals surface area contributed by atoms with E-state index < -0.39 is 0 Å². The summed E-state index contributed by atoms with van der Waals surface area (Å²) < 4.78 is 5.32. The molecule has 6 nitrogen and oxygen atoms in total. The summed E-state index contributed by atoms with van der Waals surface area (Å²) in [5.74, 6) is 0.367. The highest BCUT2D eigenvalue weighted by molar-refractivity contribution is 6.01. The topological polar surface area (TPSA) is 76.1 Å². The molecule has 0 aliphatic heterocycles. The van der Waals surface area contributed by atoms with E-state index in [9.17, 15) is 4.79 Å². The summed E-state index contributed by atoms with van der Waals surface area (Å²) in [6, 6.07) is 20.9. The van der Waals surface area contributed by atoms with Crippen LogP contribution in [0.3, 0.4) is 0 Å². The van der Waals surface area contributed by atoms with Crippen molar-refractivity contribution in [2.24, 2.45) is 0 Å². The fourth-order valence-corrected chi connectivity index (χ4v) is 3.07. The van der Waals surface area contributed by atoms with Crippen molar-refractivity contribution in [2.75, 3.05) is 17.7 Å². The molecule has 2 amide bonds. The standard InChI is InChI=1S/C23H20N4O2/c1-29-22-21(15-18-4-2-3-5-20(18)26-22)27-23(28)25-19-8-6-16(7-9-19)14-17-10-12-24-13-11-17/h2-13,15H,14H2,1H3,(H2,25,27,28). The third-order valence-corrected chi connectivity index (χ3v) is 4.50. The zero-order valence-electron chi connectivity index (χ0n) is 15.9. The van der Waals surface area contributed by atoms with Gasteiger partial charge < -0.3 is 15.4 Å². The smallest absolute Gasteiger partial charge is 0.323 e. The van der Waals surface area contributed by atoms with Crippen LogP contribution >= 0.6 is 0 Å². The van der Waals surface area contributed by atoms with E-state index in [1.54, 1.807) is 12.4 Å². The molecule has 6 heteroatoms. The number of amides is 2. The van der Waals surface area contributed by atoms with E-state index >= 15 is 0 Å². The largest absolute Gasteiger partial charge is 0.479 e. The van der Waals surface area contributed by atoms with E-state index in [2.05, 4.69) is 20.6 Å². The molecule has 0 fully saturated rings. The molecule has 0 saturated carbocycles. The van der Waals surface area contributed by atoms with Gasteiger partial charge in [0.25, 0.3) is 0 Å². The Morgan fingerprint density at radius 2 is 1.66 bits per heavy atom. The molecule has 0 aliphatic carbocycles. The maximum atomic E-state index is 12.4. The maximum Gasteiger partial charge on any atom is 0.323 e. The summed E-state index contributed by atoms with van der Waals surface area (Å²) in [7, 11) is 1.53. The average Bonchev–Trinajstić information content (AvgIpc) is 2.75. The lowest BCUT2D eigenvalue weighted by Crippen LogP contribution is -2.20. The number of fused-ring (bicyclic) bond motifs is 1. The van der Waals surface area contributed by atoms with Crippen molar-refractivity contribution in [1.29, 1.82) is 0 Å². The molecule has 144 valence electrons. The van der Waals surface area contributed by atoms with Gasteiger partial charge in [0.05, 0.1) is 12.6 Å². The third kappa shape index (κ3) is 4.50. The SMILES string of the molecule is COc1nc2ccccc2cc1NC(=O)Nc1ccc(Cc2ccncc2)cc1. The molecule has 0 spiro atoms. The lowest BCUT2D eigenvalue weighted by atomic mass is 10.1. The molecule has 4 aromatic rings.